The summed E-state index contributed by atoms with van der Waals surface area (Å²) in [6.45, 7) is 5.97. The Labute approximate surface area is 103 Å². The topological polar surface area (TPSA) is 78.4 Å². The quantitative estimate of drug-likeness (QED) is 0.579. The maximum absolute atomic E-state index is 11.3. The minimum atomic E-state index is -0.518. The lowest BCUT2D eigenvalue weighted by atomic mass is 9.96. The van der Waals surface area contributed by atoms with E-state index in [-0.39, 0.29) is 30.8 Å². The second kappa shape index (κ2) is 8.98. The number of nitrogens with one attached hydrogen (secondary N) is 2. The van der Waals surface area contributed by atoms with Crippen LogP contribution in [0.15, 0.2) is 0 Å². The standard InChI is InChI=1S/C12H24N2O3/c1-4-9(5-2)10(15)7-13-12(17)8-14-11(16)6-3/h9-10,15H,4-8H2,1-3H3,(H,13,17)(H,14,16). The van der Waals surface area contributed by atoms with Crippen molar-refractivity contribution in [3.63, 3.8) is 0 Å². The largest absolute Gasteiger partial charge is 0.391 e. The molecule has 3 N–H and O–H groups in total. The predicted molar refractivity (Wildman–Crippen MR) is 66.4 cm³/mol. The Kier molecular flexibility index (Phi) is 8.40. The van der Waals surface area contributed by atoms with Crippen LogP contribution in [0.2, 0.25) is 0 Å². The lowest BCUT2D eigenvalue weighted by Gasteiger charge is -2.20. The molecule has 1 unspecified atom stereocenters. The summed E-state index contributed by atoms with van der Waals surface area (Å²) in [7, 11) is 0. The van der Waals surface area contributed by atoms with Gasteiger partial charge in [-0.15, -0.1) is 0 Å². The van der Waals surface area contributed by atoms with E-state index in [0.29, 0.717) is 6.42 Å². The van der Waals surface area contributed by atoms with E-state index in [1.165, 1.54) is 0 Å². The maximum Gasteiger partial charge on any atom is 0.239 e. The van der Waals surface area contributed by atoms with Gasteiger partial charge in [-0.05, 0) is 5.92 Å². The van der Waals surface area contributed by atoms with Crippen LogP contribution in [-0.2, 0) is 9.59 Å². The Morgan fingerprint density at radius 2 is 1.65 bits per heavy atom. The van der Waals surface area contributed by atoms with Crippen molar-refractivity contribution in [1.29, 1.82) is 0 Å². The van der Waals surface area contributed by atoms with Gasteiger partial charge in [0.1, 0.15) is 0 Å². The molecule has 0 spiro atoms. The van der Waals surface area contributed by atoms with Gasteiger partial charge in [0.2, 0.25) is 11.8 Å². The van der Waals surface area contributed by atoms with E-state index in [1.807, 2.05) is 13.8 Å². The van der Waals surface area contributed by atoms with Crippen LogP contribution >= 0.6 is 0 Å². The van der Waals surface area contributed by atoms with Crippen LogP contribution < -0.4 is 10.6 Å². The minimum Gasteiger partial charge on any atom is -0.391 e. The molecule has 100 valence electrons. The Morgan fingerprint density at radius 1 is 1.06 bits per heavy atom. The molecule has 0 saturated heterocycles. The molecule has 0 radical (unpaired) electrons. The van der Waals surface area contributed by atoms with E-state index < -0.39 is 6.10 Å². The predicted octanol–water partition coefficient (Wildman–Crippen LogP) is 0.426. The fourth-order valence-corrected chi connectivity index (χ4v) is 1.58. The molecule has 0 heterocycles. The van der Waals surface area contributed by atoms with Crippen LogP contribution in [0, 0.1) is 5.92 Å². The summed E-state index contributed by atoms with van der Waals surface area (Å²) in [5, 5.41) is 14.9. The number of rotatable bonds is 8. The van der Waals surface area contributed by atoms with Crippen LogP contribution in [0.5, 0.6) is 0 Å². The number of aliphatic hydroxyl groups is 1. The van der Waals surface area contributed by atoms with Gasteiger partial charge in [-0.25, -0.2) is 0 Å². The molecule has 5 nitrogen and oxygen atoms in total. The zero-order chi connectivity index (χ0) is 13.3. The lowest BCUT2D eigenvalue weighted by molar-refractivity contribution is -0.126. The average Bonchev–Trinajstić information content (AvgIpc) is 2.34. The van der Waals surface area contributed by atoms with E-state index in [4.69, 9.17) is 0 Å². The van der Waals surface area contributed by atoms with E-state index >= 15 is 0 Å². The summed E-state index contributed by atoms with van der Waals surface area (Å²) in [4.78, 5) is 22.2. The summed E-state index contributed by atoms with van der Waals surface area (Å²) < 4.78 is 0. The highest BCUT2D eigenvalue weighted by Crippen LogP contribution is 2.11. The summed E-state index contributed by atoms with van der Waals surface area (Å²) >= 11 is 0. The Bertz CT molecular complexity index is 240. The van der Waals surface area contributed by atoms with Crippen molar-refractivity contribution in [2.24, 2.45) is 5.92 Å². The van der Waals surface area contributed by atoms with E-state index in [2.05, 4.69) is 10.6 Å². The third-order valence-corrected chi connectivity index (χ3v) is 2.87. The molecule has 2 amide bonds. The van der Waals surface area contributed by atoms with Crippen molar-refractivity contribution < 1.29 is 14.7 Å². The molecule has 0 bridgehead atoms. The molecule has 5 heteroatoms. The van der Waals surface area contributed by atoms with Crippen LogP contribution in [-0.4, -0.2) is 36.1 Å². The smallest absolute Gasteiger partial charge is 0.239 e. The molecule has 0 aliphatic carbocycles. The summed E-state index contributed by atoms with van der Waals surface area (Å²) in [6.07, 6.45) is 1.62. The number of hydrogen-bond acceptors (Lipinski definition) is 3. The van der Waals surface area contributed by atoms with Crippen molar-refractivity contribution in [2.75, 3.05) is 13.1 Å². The van der Waals surface area contributed by atoms with Crippen LogP contribution in [0.1, 0.15) is 40.0 Å². The van der Waals surface area contributed by atoms with Crippen LogP contribution in [0.4, 0.5) is 0 Å². The van der Waals surface area contributed by atoms with Crippen molar-refractivity contribution >= 4 is 11.8 Å². The zero-order valence-corrected chi connectivity index (χ0v) is 11.0. The molecule has 0 aromatic rings. The number of hydrogen-bond donors (Lipinski definition) is 3. The van der Waals surface area contributed by atoms with Gasteiger partial charge in [-0.2, -0.15) is 0 Å². The van der Waals surface area contributed by atoms with Gasteiger partial charge in [0.15, 0.2) is 0 Å². The summed E-state index contributed by atoms with van der Waals surface area (Å²) in [5.74, 6) is -0.210. The second-order valence-corrected chi connectivity index (χ2v) is 4.08. The third-order valence-electron chi connectivity index (χ3n) is 2.87. The first-order valence-electron chi connectivity index (χ1n) is 6.26. The lowest BCUT2D eigenvalue weighted by Crippen LogP contribution is -2.41. The fourth-order valence-electron chi connectivity index (χ4n) is 1.58. The molecule has 0 aliphatic heterocycles. The monoisotopic (exact) mass is 244 g/mol. The van der Waals surface area contributed by atoms with Gasteiger partial charge in [-0.1, -0.05) is 33.6 Å². The van der Waals surface area contributed by atoms with Crippen molar-refractivity contribution in [3.05, 3.63) is 0 Å². The Morgan fingerprint density at radius 3 is 2.12 bits per heavy atom. The van der Waals surface area contributed by atoms with Crippen LogP contribution in [0.3, 0.4) is 0 Å². The first-order valence-corrected chi connectivity index (χ1v) is 6.26. The molecule has 0 aromatic carbocycles. The number of carbonyl (C=O) groups excluding carboxylic acids is 2. The first-order chi connectivity index (χ1) is 8.04. The average molecular weight is 244 g/mol. The van der Waals surface area contributed by atoms with E-state index in [1.54, 1.807) is 6.92 Å². The van der Waals surface area contributed by atoms with Crippen molar-refractivity contribution in [1.82, 2.24) is 10.6 Å². The van der Waals surface area contributed by atoms with Gasteiger partial charge in [0, 0.05) is 13.0 Å². The minimum absolute atomic E-state index is 0.0255. The van der Waals surface area contributed by atoms with Crippen molar-refractivity contribution in [2.45, 2.75) is 46.1 Å². The fraction of sp³-hybridized carbons (Fsp3) is 0.833. The number of carbonyl (C=O) groups is 2. The number of aliphatic hydroxyl groups excluding tert-OH is 1. The Hall–Kier alpha value is -1.10. The normalized spacial score (nSPS) is 12.3. The van der Waals surface area contributed by atoms with Gasteiger partial charge in [0.25, 0.3) is 0 Å². The van der Waals surface area contributed by atoms with Crippen molar-refractivity contribution in [3.8, 4) is 0 Å². The maximum atomic E-state index is 11.3. The van der Waals surface area contributed by atoms with E-state index in [0.717, 1.165) is 12.8 Å². The molecule has 0 saturated carbocycles. The molecular weight excluding hydrogens is 220 g/mol. The summed E-state index contributed by atoms with van der Waals surface area (Å²) in [6, 6.07) is 0. The highest BCUT2D eigenvalue weighted by Gasteiger charge is 2.16. The number of amides is 2. The summed E-state index contributed by atoms with van der Waals surface area (Å²) in [5.41, 5.74) is 0. The third kappa shape index (κ3) is 6.94. The van der Waals surface area contributed by atoms with Gasteiger partial charge < -0.3 is 15.7 Å². The van der Waals surface area contributed by atoms with E-state index in [9.17, 15) is 14.7 Å². The Balaban J connectivity index is 3.79. The molecule has 0 aromatic heterocycles. The molecular formula is C12H24N2O3. The molecule has 0 rings (SSSR count). The second-order valence-electron chi connectivity index (χ2n) is 4.08. The SMILES string of the molecule is CCC(=O)NCC(=O)NCC(O)C(CC)CC. The molecule has 0 aliphatic rings. The highest BCUT2D eigenvalue weighted by molar-refractivity contribution is 5.84. The van der Waals surface area contributed by atoms with Crippen LogP contribution in [0.25, 0.3) is 0 Å². The molecule has 17 heavy (non-hydrogen) atoms. The molecule has 0 fully saturated rings. The highest BCUT2D eigenvalue weighted by atomic mass is 16.3. The molecule has 1 atom stereocenters. The van der Waals surface area contributed by atoms with Gasteiger partial charge in [0.05, 0.1) is 12.6 Å². The zero-order valence-electron chi connectivity index (χ0n) is 11.0. The first kappa shape index (κ1) is 15.9. The van der Waals surface area contributed by atoms with Gasteiger partial charge in [-0.3, -0.25) is 9.59 Å². The van der Waals surface area contributed by atoms with Gasteiger partial charge >= 0.3 is 0 Å².